The summed E-state index contributed by atoms with van der Waals surface area (Å²) in [6, 6.07) is 24.2. The fourth-order valence-electron chi connectivity index (χ4n) is 3.72. The third-order valence-electron chi connectivity index (χ3n) is 5.51. The normalized spacial score (nSPS) is 14.8. The number of hydrogen-bond donors (Lipinski definition) is 1. The van der Waals surface area contributed by atoms with Crippen LogP contribution < -0.4 is 19.9 Å². The van der Waals surface area contributed by atoms with Crippen LogP contribution in [0.4, 0.5) is 11.4 Å². The van der Waals surface area contributed by atoms with Gasteiger partial charge in [-0.25, -0.2) is 0 Å². The Morgan fingerprint density at radius 3 is 2.12 bits per heavy atom. The highest BCUT2D eigenvalue weighted by atomic mass is 32.1. The number of para-hydroxylation sites is 1. The molecule has 1 fully saturated rings. The molecule has 3 aromatic carbocycles. The van der Waals surface area contributed by atoms with Gasteiger partial charge in [-0.15, -0.1) is 0 Å². The zero-order valence-electron chi connectivity index (χ0n) is 19.0. The second kappa shape index (κ2) is 10.3. The van der Waals surface area contributed by atoms with Crippen molar-refractivity contribution in [3.63, 3.8) is 0 Å². The SMILES string of the molecule is CCN(CC)c1ccc(/C=C2\C(=O)NC(=S)N(c3ccc(Oc4ccccc4)cc3)C2=O)cc1. The molecule has 7 heteroatoms. The van der Waals surface area contributed by atoms with E-state index in [1.54, 1.807) is 30.3 Å². The Labute approximate surface area is 204 Å². The van der Waals surface area contributed by atoms with Gasteiger partial charge in [0, 0.05) is 18.8 Å². The molecule has 0 spiro atoms. The predicted molar refractivity (Wildman–Crippen MR) is 139 cm³/mol. The Morgan fingerprint density at radius 1 is 0.882 bits per heavy atom. The van der Waals surface area contributed by atoms with E-state index in [-0.39, 0.29) is 10.7 Å². The summed E-state index contributed by atoms with van der Waals surface area (Å²) in [5.41, 5.74) is 2.41. The molecule has 0 bridgehead atoms. The minimum Gasteiger partial charge on any atom is -0.457 e. The largest absolute Gasteiger partial charge is 0.457 e. The average Bonchev–Trinajstić information content (AvgIpc) is 2.85. The zero-order chi connectivity index (χ0) is 24.1. The van der Waals surface area contributed by atoms with E-state index in [1.165, 1.54) is 4.90 Å². The third-order valence-corrected chi connectivity index (χ3v) is 5.79. The van der Waals surface area contributed by atoms with Gasteiger partial charge < -0.3 is 9.64 Å². The first-order chi connectivity index (χ1) is 16.5. The molecule has 6 nitrogen and oxygen atoms in total. The van der Waals surface area contributed by atoms with E-state index in [0.29, 0.717) is 17.2 Å². The maximum atomic E-state index is 13.3. The highest BCUT2D eigenvalue weighted by Crippen LogP contribution is 2.27. The van der Waals surface area contributed by atoms with Gasteiger partial charge in [0.15, 0.2) is 5.11 Å². The van der Waals surface area contributed by atoms with Crippen molar-refractivity contribution in [1.82, 2.24) is 5.32 Å². The number of thiocarbonyl (C=S) groups is 1. The van der Waals surface area contributed by atoms with Crippen molar-refractivity contribution in [2.45, 2.75) is 13.8 Å². The summed E-state index contributed by atoms with van der Waals surface area (Å²) in [5, 5.41) is 2.66. The monoisotopic (exact) mass is 471 g/mol. The molecule has 1 aliphatic rings. The van der Waals surface area contributed by atoms with Gasteiger partial charge >= 0.3 is 0 Å². The van der Waals surface area contributed by atoms with Crippen LogP contribution in [0.15, 0.2) is 84.4 Å². The summed E-state index contributed by atoms with van der Waals surface area (Å²) >= 11 is 5.30. The van der Waals surface area contributed by atoms with Crippen molar-refractivity contribution >= 4 is 46.6 Å². The van der Waals surface area contributed by atoms with Crippen LogP contribution in [0.25, 0.3) is 6.08 Å². The molecule has 3 aromatic rings. The van der Waals surface area contributed by atoms with Crippen molar-refractivity contribution in [3.05, 3.63) is 90.0 Å². The number of carbonyl (C=O) groups excluding carboxylic acids is 2. The van der Waals surface area contributed by atoms with Gasteiger partial charge in [0.25, 0.3) is 11.8 Å². The number of amides is 2. The Kier molecular flexibility index (Phi) is 7.04. The van der Waals surface area contributed by atoms with Gasteiger partial charge in [-0.3, -0.25) is 19.8 Å². The lowest BCUT2D eigenvalue weighted by Crippen LogP contribution is -2.54. The maximum absolute atomic E-state index is 13.3. The molecular formula is C27H25N3O3S. The fourth-order valence-corrected chi connectivity index (χ4v) is 4.00. The highest BCUT2D eigenvalue weighted by Gasteiger charge is 2.34. The standard InChI is InChI=1S/C27H25N3O3S/c1-3-29(4-2)20-12-10-19(11-13-20)18-24-25(31)28-27(34)30(26(24)32)21-14-16-23(17-15-21)33-22-8-6-5-7-9-22/h5-18H,3-4H2,1-2H3,(H,28,31,34)/b24-18+. The van der Waals surface area contributed by atoms with E-state index in [4.69, 9.17) is 17.0 Å². The Bertz CT molecular complexity index is 1220. The number of anilines is 2. The molecule has 2 amide bonds. The summed E-state index contributed by atoms with van der Waals surface area (Å²) in [6.45, 7) is 6.00. The number of hydrogen-bond acceptors (Lipinski definition) is 5. The number of nitrogens with zero attached hydrogens (tertiary/aromatic N) is 2. The summed E-state index contributed by atoms with van der Waals surface area (Å²) in [4.78, 5) is 29.4. The van der Waals surface area contributed by atoms with Crippen LogP contribution in [-0.2, 0) is 9.59 Å². The topological polar surface area (TPSA) is 61.9 Å². The van der Waals surface area contributed by atoms with Gasteiger partial charge in [-0.2, -0.15) is 0 Å². The molecule has 1 heterocycles. The molecule has 1 N–H and O–H groups in total. The molecule has 172 valence electrons. The molecule has 0 radical (unpaired) electrons. The van der Waals surface area contributed by atoms with Crippen LogP contribution in [0.1, 0.15) is 19.4 Å². The van der Waals surface area contributed by atoms with Gasteiger partial charge in [0.2, 0.25) is 0 Å². The molecular weight excluding hydrogens is 446 g/mol. The van der Waals surface area contributed by atoms with E-state index in [2.05, 4.69) is 24.1 Å². The van der Waals surface area contributed by atoms with Crippen LogP contribution in [0.5, 0.6) is 11.5 Å². The Hall–Kier alpha value is -3.97. The highest BCUT2D eigenvalue weighted by molar-refractivity contribution is 7.80. The van der Waals surface area contributed by atoms with E-state index >= 15 is 0 Å². The molecule has 0 aromatic heterocycles. The molecule has 0 atom stereocenters. The molecule has 4 rings (SSSR count). The van der Waals surface area contributed by atoms with E-state index in [1.807, 2.05) is 54.6 Å². The Balaban J connectivity index is 1.56. The summed E-state index contributed by atoms with van der Waals surface area (Å²) in [6.07, 6.45) is 1.59. The molecule has 0 saturated carbocycles. The molecule has 0 unspecified atom stereocenters. The predicted octanol–water partition coefficient (Wildman–Crippen LogP) is 5.16. The van der Waals surface area contributed by atoms with Crippen LogP contribution in [0, 0.1) is 0 Å². The van der Waals surface area contributed by atoms with Crippen molar-refractivity contribution in [2.24, 2.45) is 0 Å². The lowest BCUT2D eigenvalue weighted by molar-refractivity contribution is -0.122. The second-order valence-corrected chi connectivity index (χ2v) is 8.02. The van der Waals surface area contributed by atoms with E-state index in [9.17, 15) is 9.59 Å². The molecule has 1 saturated heterocycles. The van der Waals surface area contributed by atoms with Gasteiger partial charge in [0.1, 0.15) is 17.1 Å². The number of carbonyl (C=O) groups is 2. The van der Waals surface area contributed by atoms with Crippen molar-refractivity contribution in [2.75, 3.05) is 22.9 Å². The quantitative estimate of drug-likeness (QED) is 0.293. The number of benzene rings is 3. The summed E-state index contributed by atoms with van der Waals surface area (Å²) in [7, 11) is 0. The maximum Gasteiger partial charge on any atom is 0.270 e. The third kappa shape index (κ3) is 5.00. The lowest BCUT2D eigenvalue weighted by atomic mass is 10.1. The first kappa shape index (κ1) is 23.2. The van der Waals surface area contributed by atoms with Gasteiger partial charge in [-0.05, 0) is 86.2 Å². The minimum absolute atomic E-state index is 0.0220. The van der Waals surface area contributed by atoms with Gasteiger partial charge in [-0.1, -0.05) is 30.3 Å². The second-order valence-electron chi connectivity index (χ2n) is 7.63. The fraction of sp³-hybridized carbons (Fsp3) is 0.148. The lowest BCUT2D eigenvalue weighted by Gasteiger charge is -2.29. The molecule has 1 aliphatic heterocycles. The van der Waals surface area contributed by atoms with E-state index in [0.717, 1.165) is 24.3 Å². The van der Waals surface area contributed by atoms with Crippen molar-refractivity contribution < 1.29 is 14.3 Å². The Morgan fingerprint density at radius 2 is 1.50 bits per heavy atom. The van der Waals surface area contributed by atoms with Crippen LogP contribution in [-0.4, -0.2) is 30.0 Å². The molecule has 0 aliphatic carbocycles. The van der Waals surface area contributed by atoms with Crippen LogP contribution in [0.2, 0.25) is 0 Å². The van der Waals surface area contributed by atoms with Gasteiger partial charge in [0.05, 0.1) is 5.69 Å². The van der Waals surface area contributed by atoms with Crippen molar-refractivity contribution in [3.8, 4) is 11.5 Å². The summed E-state index contributed by atoms with van der Waals surface area (Å²) < 4.78 is 5.81. The molecule has 34 heavy (non-hydrogen) atoms. The zero-order valence-corrected chi connectivity index (χ0v) is 19.8. The number of ether oxygens (including phenoxy) is 1. The first-order valence-corrected chi connectivity index (χ1v) is 11.5. The first-order valence-electron chi connectivity index (χ1n) is 11.1. The van der Waals surface area contributed by atoms with Crippen LogP contribution in [0.3, 0.4) is 0 Å². The van der Waals surface area contributed by atoms with Crippen LogP contribution >= 0.6 is 12.2 Å². The summed E-state index contributed by atoms with van der Waals surface area (Å²) in [5.74, 6) is 0.351. The number of nitrogens with one attached hydrogen (secondary N) is 1. The number of rotatable bonds is 7. The smallest absolute Gasteiger partial charge is 0.270 e. The van der Waals surface area contributed by atoms with E-state index < -0.39 is 11.8 Å². The van der Waals surface area contributed by atoms with Crippen molar-refractivity contribution in [1.29, 1.82) is 0 Å². The minimum atomic E-state index is -0.511. The average molecular weight is 472 g/mol.